The van der Waals surface area contributed by atoms with Crippen LogP contribution >= 0.6 is 0 Å². The zero-order valence-electron chi connectivity index (χ0n) is 17.3. The zero-order valence-corrected chi connectivity index (χ0v) is 18.3. The van der Waals surface area contributed by atoms with E-state index in [0.29, 0.717) is 0 Å². The highest BCUT2D eigenvalue weighted by Crippen LogP contribution is 2.38. The Morgan fingerprint density at radius 2 is 1.69 bits per heavy atom. The Morgan fingerprint density at radius 3 is 2.15 bits per heavy atom. The number of aliphatic hydroxyl groups is 2. The minimum Gasteiger partial charge on any atom is -0.408 e. The number of hydrogen-bond acceptors (Lipinski definition) is 4. The van der Waals surface area contributed by atoms with E-state index in [9.17, 15) is 10.2 Å². The van der Waals surface area contributed by atoms with E-state index in [0.717, 1.165) is 5.56 Å². The van der Waals surface area contributed by atoms with Gasteiger partial charge in [-0.3, -0.25) is 0 Å². The smallest absolute Gasteiger partial charge is 0.193 e. The zero-order chi connectivity index (χ0) is 20.0. The van der Waals surface area contributed by atoms with Crippen LogP contribution in [0.5, 0.6) is 0 Å². The maximum Gasteiger partial charge on any atom is 0.193 e. The molecule has 5 heteroatoms. The van der Waals surface area contributed by atoms with Gasteiger partial charge in [0.25, 0.3) is 0 Å². The van der Waals surface area contributed by atoms with E-state index in [1.807, 2.05) is 56.3 Å². The van der Waals surface area contributed by atoms with Crippen LogP contribution in [0.3, 0.4) is 0 Å². The van der Waals surface area contributed by atoms with Crippen LogP contribution in [-0.2, 0) is 9.16 Å². The predicted octanol–water partition coefficient (Wildman–Crippen LogP) is 4.24. The van der Waals surface area contributed by atoms with E-state index in [2.05, 4.69) is 33.9 Å². The van der Waals surface area contributed by atoms with Gasteiger partial charge in [-0.15, -0.1) is 0 Å². The quantitative estimate of drug-likeness (QED) is 0.629. The third kappa shape index (κ3) is 6.97. The second-order valence-electron chi connectivity index (χ2n) is 8.51. The summed E-state index contributed by atoms with van der Waals surface area (Å²) in [6.07, 6.45) is 1.56. The van der Waals surface area contributed by atoms with Gasteiger partial charge in [0.2, 0.25) is 0 Å². The Hall–Kier alpha value is -0.983. The number of rotatable bonds is 9. The lowest BCUT2D eigenvalue weighted by molar-refractivity contribution is -0.111. The lowest BCUT2D eigenvalue weighted by atomic mass is 10.1. The average molecular weight is 381 g/mol. The van der Waals surface area contributed by atoms with Gasteiger partial charge >= 0.3 is 0 Å². The highest BCUT2D eigenvalue weighted by atomic mass is 28.4. The summed E-state index contributed by atoms with van der Waals surface area (Å²) in [7, 11) is -2.12. The molecule has 1 aromatic carbocycles. The van der Waals surface area contributed by atoms with Crippen LogP contribution in [0.4, 0.5) is 0 Å². The molecule has 0 spiro atoms. The van der Waals surface area contributed by atoms with Crippen LogP contribution in [0.1, 0.15) is 40.2 Å². The minimum atomic E-state index is -2.12. The van der Waals surface area contributed by atoms with Gasteiger partial charge in [-0.25, -0.2) is 0 Å². The summed E-state index contributed by atoms with van der Waals surface area (Å²) in [6.45, 7) is 14.3. The summed E-state index contributed by atoms with van der Waals surface area (Å²) in [5.74, 6) is 0. The molecule has 148 valence electrons. The van der Waals surface area contributed by atoms with Crippen molar-refractivity contribution >= 4 is 14.4 Å². The molecule has 0 saturated carbocycles. The molecule has 1 aromatic rings. The van der Waals surface area contributed by atoms with E-state index >= 15 is 0 Å². The molecule has 1 rings (SSSR count). The van der Waals surface area contributed by atoms with Gasteiger partial charge < -0.3 is 19.4 Å². The van der Waals surface area contributed by atoms with Crippen LogP contribution < -0.4 is 0 Å². The largest absolute Gasteiger partial charge is 0.408 e. The molecular formula is C21H36O4Si. The van der Waals surface area contributed by atoms with E-state index in [1.165, 1.54) is 0 Å². The number of hydrogen-bond donors (Lipinski definition) is 2. The second kappa shape index (κ2) is 9.81. The Labute approximate surface area is 160 Å². The van der Waals surface area contributed by atoms with Crippen molar-refractivity contribution in [2.45, 2.75) is 77.2 Å². The molecule has 3 atom stereocenters. The molecule has 0 saturated heterocycles. The highest BCUT2D eigenvalue weighted by Gasteiger charge is 2.41. The van der Waals surface area contributed by atoms with Crippen molar-refractivity contribution in [2.24, 2.45) is 0 Å². The van der Waals surface area contributed by atoms with E-state index in [-0.39, 0.29) is 17.7 Å². The molecule has 0 heterocycles. The number of benzene rings is 1. The second-order valence-corrected chi connectivity index (χ2v) is 13.3. The fourth-order valence-electron chi connectivity index (χ4n) is 2.30. The van der Waals surface area contributed by atoms with Gasteiger partial charge in [0, 0.05) is 0 Å². The highest BCUT2D eigenvalue weighted by molar-refractivity contribution is 6.74. The monoisotopic (exact) mass is 380 g/mol. The van der Waals surface area contributed by atoms with Gasteiger partial charge in [-0.05, 0) is 37.5 Å². The topological polar surface area (TPSA) is 58.9 Å². The van der Waals surface area contributed by atoms with Gasteiger partial charge in [0.15, 0.2) is 8.32 Å². The molecule has 26 heavy (non-hydrogen) atoms. The molecule has 0 radical (unpaired) electrons. The molecule has 0 aliphatic carbocycles. The van der Waals surface area contributed by atoms with Crippen molar-refractivity contribution in [3.63, 3.8) is 0 Å². The van der Waals surface area contributed by atoms with Crippen molar-refractivity contribution < 1.29 is 19.4 Å². The Bertz CT molecular complexity index is 549. The van der Waals surface area contributed by atoms with Gasteiger partial charge in [-0.2, -0.15) is 0 Å². The van der Waals surface area contributed by atoms with Crippen LogP contribution in [0.2, 0.25) is 18.1 Å². The Balaban J connectivity index is 3.09. The van der Waals surface area contributed by atoms with Crippen molar-refractivity contribution in [1.82, 2.24) is 0 Å². The van der Waals surface area contributed by atoms with Gasteiger partial charge in [0.1, 0.15) is 12.2 Å². The standard InChI is InChI=1S/C21H36O4Si/c1-16(2)24-19(15-22)20(23)18(25-26(6,7)21(3,4)5)14-13-17-11-9-8-10-12-17/h8-14,16,18-20,22-23H,15H2,1-7H3/b14-13+/t18-,19+,20+/m1/s1. The fraction of sp³-hybridized carbons (Fsp3) is 0.619. The Kier molecular flexibility index (Phi) is 8.70. The summed E-state index contributed by atoms with van der Waals surface area (Å²) in [6, 6.07) is 9.91. The molecule has 4 nitrogen and oxygen atoms in total. The van der Waals surface area contributed by atoms with Crippen molar-refractivity contribution in [3.8, 4) is 0 Å². The van der Waals surface area contributed by atoms with E-state index in [1.54, 1.807) is 0 Å². The SMILES string of the molecule is CC(C)O[C@@H](CO)[C@@H](O)[C@@H](/C=C/c1ccccc1)O[Si](C)(C)C(C)(C)C. The molecule has 2 N–H and O–H groups in total. The molecular weight excluding hydrogens is 344 g/mol. The molecule has 0 unspecified atom stereocenters. The number of ether oxygens (including phenoxy) is 1. The van der Waals surface area contributed by atoms with Crippen LogP contribution in [0, 0.1) is 0 Å². The minimum absolute atomic E-state index is 0.0131. The molecule has 0 aliphatic rings. The summed E-state index contributed by atoms with van der Waals surface area (Å²) in [5, 5.41) is 20.6. The first kappa shape index (κ1) is 23.1. The molecule has 0 amide bonds. The van der Waals surface area contributed by atoms with Gasteiger partial charge in [-0.1, -0.05) is 63.3 Å². The lowest BCUT2D eigenvalue weighted by Gasteiger charge is -2.40. The first-order valence-corrected chi connectivity index (χ1v) is 12.2. The van der Waals surface area contributed by atoms with Crippen molar-refractivity contribution in [1.29, 1.82) is 0 Å². The first-order valence-electron chi connectivity index (χ1n) is 9.33. The van der Waals surface area contributed by atoms with Crippen molar-refractivity contribution in [3.05, 3.63) is 42.0 Å². The van der Waals surface area contributed by atoms with E-state index in [4.69, 9.17) is 9.16 Å². The number of aliphatic hydroxyl groups excluding tert-OH is 2. The normalized spacial score (nSPS) is 16.8. The summed E-state index contributed by atoms with van der Waals surface area (Å²) in [5.41, 5.74) is 1.04. The van der Waals surface area contributed by atoms with Crippen molar-refractivity contribution in [2.75, 3.05) is 6.61 Å². The third-order valence-electron chi connectivity index (χ3n) is 4.86. The summed E-state index contributed by atoms with van der Waals surface area (Å²) < 4.78 is 12.2. The molecule has 0 fully saturated rings. The summed E-state index contributed by atoms with van der Waals surface area (Å²) >= 11 is 0. The van der Waals surface area contributed by atoms with Crippen LogP contribution in [0.15, 0.2) is 36.4 Å². The summed E-state index contributed by atoms with van der Waals surface area (Å²) in [4.78, 5) is 0. The third-order valence-corrected chi connectivity index (χ3v) is 9.33. The van der Waals surface area contributed by atoms with Crippen LogP contribution in [0.25, 0.3) is 6.08 Å². The fourth-order valence-corrected chi connectivity index (χ4v) is 3.55. The average Bonchev–Trinajstić information content (AvgIpc) is 2.55. The molecule has 0 aromatic heterocycles. The van der Waals surface area contributed by atoms with E-state index < -0.39 is 26.6 Å². The van der Waals surface area contributed by atoms with Gasteiger partial charge in [0.05, 0.1) is 18.8 Å². The predicted molar refractivity (Wildman–Crippen MR) is 111 cm³/mol. The van der Waals surface area contributed by atoms with Crippen LogP contribution in [-0.4, -0.2) is 49.6 Å². The maximum absolute atomic E-state index is 10.9. The molecule has 0 aliphatic heterocycles. The maximum atomic E-state index is 10.9. The molecule has 0 bridgehead atoms. The Morgan fingerprint density at radius 1 is 1.12 bits per heavy atom. The lowest BCUT2D eigenvalue weighted by Crippen LogP contribution is -2.50. The first-order chi connectivity index (χ1) is 12.0.